The first-order valence-corrected chi connectivity index (χ1v) is 12.4. The molecule has 35 heavy (non-hydrogen) atoms. The molecule has 0 radical (unpaired) electrons. The highest BCUT2D eigenvalue weighted by atomic mass is 35.5. The highest BCUT2D eigenvalue weighted by molar-refractivity contribution is 6.33. The molecule has 7 nitrogen and oxygen atoms in total. The lowest BCUT2D eigenvalue weighted by Crippen LogP contribution is -2.71. The lowest BCUT2D eigenvalue weighted by Gasteiger charge is -2.62. The van der Waals surface area contributed by atoms with Gasteiger partial charge in [-0.2, -0.15) is 0 Å². The van der Waals surface area contributed by atoms with Gasteiger partial charge in [0.05, 0.1) is 16.7 Å². The average Bonchev–Trinajstić information content (AvgIpc) is 2.93. The summed E-state index contributed by atoms with van der Waals surface area (Å²) in [5.41, 5.74) is -3.17. The topological polar surface area (TPSA) is 107 Å². The third-order valence-electron chi connectivity index (χ3n) is 9.25. The molecule has 4 fully saturated rings. The summed E-state index contributed by atoms with van der Waals surface area (Å²) in [5.74, 6) is -4.02. The minimum Gasteiger partial charge on any atom is -0.464 e. The molecule has 1 heterocycles. The smallest absolute Gasteiger partial charge is 0.339 e. The fourth-order valence-electron chi connectivity index (χ4n) is 7.57. The van der Waals surface area contributed by atoms with Crippen molar-refractivity contribution in [3.63, 3.8) is 0 Å². The largest absolute Gasteiger partial charge is 0.464 e. The number of rotatable bonds is 3. The van der Waals surface area contributed by atoms with E-state index < -0.39 is 63.9 Å². The van der Waals surface area contributed by atoms with E-state index in [1.807, 2.05) is 13.8 Å². The van der Waals surface area contributed by atoms with Crippen LogP contribution in [0.3, 0.4) is 0 Å². The van der Waals surface area contributed by atoms with Gasteiger partial charge in [0.25, 0.3) is 0 Å². The van der Waals surface area contributed by atoms with Gasteiger partial charge in [0, 0.05) is 17.3 Å². The van der Waals surface area contributed by atoms with Crippen molar-refractivity contribution in [2.45, 2.75) is 51.7 Å². The number of carbonyl (C=O) groups excluding carboxylic acids is 4. The number of aldehydes is 1. The van der Waals surface area contributed by atoms with Gasteiger partial charge in [-0.1, -0.05) is 44.2 Å². The van der Waals surface area contributed by atoms with Crippen molar-refractivity contribution in [2.24, 2.45) is 34.0 Å². The highest BCUT2D eigenvalue weighted by Gasteiger charge is 2.78. The SMILES string of the molecule is C=C1C(=O)[C@@]23C(=O)OC[C@]4(C2CC[C@@H]1[C@H]3OC(=O)c1ccccc1Cl)[C@H](C=O)C(C)(C)CC[C@@H]4O. The maximum absolute atomic E-state index is 13.9. The highest BCUT2D eigenvalue weighted by Crippen LogP contribution is 2.68. The van der Waals surface area contributed by atoms with Gasteiger partial charge in [-0.05, 0) is 54.7 Å². The van der Waals surface area contributed by atoms with Crippen LogP contribution in [0.25, 0.3) is 0 Å². The lowest BCUT2D eigenvalue weighted by molar-refractivity contribution is -0.246. The molecule has 8 heteroatoms. The molecule has 5 rings (SSSR count). The van der Waals surface area contributed by atoms with E-state index in [9.17, 15) is 24.3 Å². The van der Waals surface area contributed by atoms with Crippen LogP contribution in [0.15, 0.2) is 36.4 Å². The van der Waals surface area contributed by atoms with Gasteiger partial charge in [-0.3, -0.25) is 9.59 Å². The summed E-state index contributed by atoms with van der Waals surface area (Å²) in [4.78, 5) is 53.1. The number of aliphatic hydroxyl groups is 1. The second kappa shape index (κ2) is 8.00. The summed E-state index contributed by atoms with van der Waals surface area (Å²) < 4.78 is 11.6. The van der Waals surface area contributed by atoms with E-state index in [0.717, 1.165) is 6.29 Å². The number of aliphatic hydroxyl groups excluding tert-OH is 1. The second-order valence-corrected chi connectivity index (χ2v) is 11.5. The zero-order chi connectivity index (χ0) is 25.3. The number of Topliss-reactive ketones (excluding diaryl/α,β-unsaturated/α-hetero) is 1. The molecule has 1 saturated heterocycles. The maximum Gasteiger partial charge on any atom is 0.339 e. The van der Waals surface area contributed by atoms with Crippen LogP contribution in [-0.4, -0.2) is 47.9 Å². The van der Waals surface area contributed by atoms with Crippen LogP contribution in [0, 0.1) is 34.0 Å². The molecule has 7 atom stereocenters. The number of ether oxygens (including phenoxy) is 2. The number of cyclic esters (lactones) is 1. The van der Waals surface area contributed by atoms with Crippen molar-refractivity contribution in [3.8, 4) is 0 Å². The Morgan fingerprint density at radius 3 is 2.63 bits per heavy atom. The minimum absolute atomic E-state index is 0.119. The van der Waals surface area contributed by atoms with Crippen molar-refractivity contribution in [1.82, 2.24) is 0 Å². The van der Waals surface area contributed by atoms with Crippen LogP contribution in [0.5, 0.6) is 0 Å². The van der Waals surface area contributed by atoms with E-state index in [1.165, 1.54) is 6.07 Å². The number of hydrogen-bond donors (Lipinski definition) is 1. The van der Waals surface area contributed by atoms with Gasteiger partial charge in [0.1, 0.15) is 19.0 Å². The molecular formula is C27H29ClO7. The van der Waals surface area contributed by atoms with E-state index in [0.29, 0.717) is 25.7 Å². The second-order valence-electron chi connectivity index (χ2n) is 11.1. The quantitative estimate of drug-likeness (QED) is 0.292. The monoisotopic (exact) mass is 500 g/mol. The Kier molecular flexibility index (Phi) is 5.53. The van der Waals surface area contributed by atoms with Crippen LogP contribution < -0.4 is 0 Å². The molecule has 1 aromatic rings. The van der Waals surface area contributed by atoms with E-state index in [2.05, 4.69) is 6.58 Å². The molecule has 0 aromatic heterocycles. The van der Waals surface area contributed by atoms with Gasteiger partial charge in [-0.25, -0.2) is 4.79 Å². The zero-order valence-electron chi connectivity index (χ0n) is 19.8. The predicted octanol–water partition coefficient (Wildman–Crippen LogP) is 3.56. The number of hydrogen-bond acceptors (Lipinski definition) is 7. The third-order valence-corrected chi connectivity index (χ3v) is 9.58. The zero-order valence-corrected chi connectivity index (χ0v) is 20.5. The van der Waals surface area contributed by atoms with E-state index in [1.54, 1.807) is 18.2 Å². The standard InChI is InChI=1S/C27H29ClO7/c1-14-15-8-9-18-26(19(12-29)25(2,3)11-10-20(26)30)13-34-24(33)27(18,21(14)31)22(15)35-23(32)16-6-4-5-7-17(16)28/h4-7,12,15,18-20,22,30H,1,8-11,13H2,2-3H3/t15-,18?,19+,20-,22+,26-,27-/m0/s1. The maximum atomic E-state index is 13.9. The van der Waals surface area contributed by atoms with E-state index in [-0.39, 0.29) is 22.8 Å². The molecule has 2 bridgehead atoms. The summed E-state index contributed by atoms with van der Waals surface area (Å²) >= 11 is 6.20. The van der Waals surface area contributed by atoms with Gasteiger partial charge in [-0.15, -0.1) is 0 Å². The van der Waals surface area contributed by atoms with E-state index >= 15 is 0 Å². The van der Waals surface area contributed by atoms with Gasteiger partial charge >= 0.3 is 11.9 Å². The van der Waals surface area contributed by atoms with Crippen molar-refractivity contribution >= 4 is 35.6 Å². The first-order valence-electron chi connectivity index (χ1n) is 12.0. The van der Waals surface area contributed by atoms with Gasteiger partial charge in [0.15, 0.2) is 11.2 Å². The molecular weight excluding hydrogens is 472 g/mol. The molecule has 1 aliphatic heterocycles. The number of carbonyl (C=O) groups is 4. The summed E-state index contributed by atoms with van der Waals surface area (Å²) in [6.07, 6.45) is 0.581. The molecule has 4 aliphatic rings. The van der Waals surface area contributed by atoms with Crippen LogP contribution in [0.1, 0.15) is 49.9 Å². The van der Waals surface area contributed by atoms with Crippen molar-refractivity contribution in [3.05, 3.63) is 47.0 Å². The van der Waals surface area contributed by atoms with Crippen LogP contribution >= 0.6 is 11.6 Å². The summed E-state index contributed by atoms with van der Waals surface area (Å²) in [7, 11) is 0. The minimum atomic E-state index is -1.86. The molecule has 186 valence electrons. The van der Waals surface area contributed by atoms with Gasteiger partial charge in [0.2, 0.25) is 0 Å². The summed E-state index contributed by atoms with van der Waals surface area (Å²) in [6.45, 7) is 7.71. The molecule has 1 unspecified atom stereocenters. The number of benzene rings is 1. The number of halogens is 1. The Balaban J connectivity index is 1.66. The molecule has 2 spiro atoms. The fraction of sp³-hybridized carbons (Fsp3) is 0.556. The normalized spacial score (nSPS) is 39.7. The molecule has 3 aliphatic carbocycles. The number of ketones is 1. The van der Waals surface area contributed by atoms with Crippen molar-refractivity contribution in [2.75, 3.05) is 6.61 Å². The average molecular weight is 501 g/mol. The Labute approximate surface area is 208 Å². The summed E-state index contributed by atoms with van der Waals surface area (Å²) in [6, 6.07) is 6.38. The fourth-order valence-corrected chi connectivity index (χ4v) is 7.78. The molecule has 3 saturated carbocycles. The number of fused-ring (bicyclic) bond motifs is 2. The van der Waals surface area contributed by atoms with E-state index in [4.69, 9.17) is 21.1 Å². The lowest BCUT2D eigenvalue weighted by atomic mass is 9.43. The van der Waals surface area contributed by atoms with Crippen molar-refractivity contribution < 1.29 is 33.8 Å². The van der Waals surface area contributed by atoms with Crippen LogP contribution in [0.2, 0.25) is 5.02 Å². The number of esters is 2. The molecule has 1 aromatic carbocycles. The Morgan fingerprint density at radius 1 is 1.23 bits per heavy atom. The van der Waals surface area contributed by atoms with Crippen LogP contribution in [-0.2, 0) is 23.9 Å². The van der Waals surface area contributed by atoms with Crippen molar-refractivity contribution in [1.29, 1.82) is 0 Å². The third kappa shape index (κ3) is 3.00. The first kappa shape index (κ1) is 24.2. The van der Waals surface area contributed by atoms with Crippen LogP contribution in [0.4, 0.5) is 0 Å². The van der Waals surface area contributed by atoms with Gasteiger partial charge < -0.3 is 19.4 Å². The first-order chi connectivity index (χ1) is 16.5. The summed E-state index contributed by atoms with van der Waals surface area (Å²) in [5, 5.41) is 11.6. The molecule has 1 N–H and O–H groups in total. The Hall–Kier alpha value is -2.51. The Morgan fingerprint density at radius 2 is 1.94 bits per heavy atom. The Bertz CT molecular complexity index is 1140. The predicted molar refractivity (Wildman–Crippen MR) is 125 cm³/mol. The molecule has 0 amide bonds.